The lowest BCUT2D eigenvalue weighted by Crippen LogP contribution is -2.52. The van der Waals surface area contributed by atoms with Gasteiger partial charge in [0.15, 0.2) is 0 Å². The van der Waals surface area contributed by atoms with Crippen molar-refractivity contribution in [2.24, 2.45) is 11.8 Å². The third kappa shape index (κ3) is 6.40. The molecule has 1 heterocycles. The maximum Gasteiger partial charge on any atom is 0.417 e. The smallest absolute Gasteiger partial charge is 0.417 e. The first kappa shape index (κ1) is 28.5. The lowest BCUT2D eigenvalue weighted by atomic mass is 9.86. The number of imide groups is 1. The van der Waals surface area contributed by atoms with Crippen LogP contribution in [0.25, 0.3) is 0 Å². The number of amides is 2. The molecule has 4 rings (SSSR count). The van der Waals surface area contributed by atoms with E-state index in [-0.39, 0.29) is 18.5 Å². The van der Waals surface area contributed by atoms with E-state index in [2.05, 4.69) is 36.1 Å². The minimum absolute atomic E-state index is 0.0198. The van der Waals surface area contributed by atoms with Crippen molar-refractivity contribution in [3.05, 3.63) is 108 Å². The summed E-state index contributed by atoms with van der Waals surface area (Å²) in [5.74, 6) is -1.34. The molecule has 1 aliphatic rings. The van der Waals surface area contributed by atoms with E-state index in [1.807, 2.05) is 94.4 Å². The molecule has 0 radical (unpaired) electrons. The Morgan fingerprint density at radius 1 is 0.897 bits per heavy atom. The maximum absolute atomic E-state index is 14.4. The quantitative estimate of drug-likeness (QED) is 0.331. The van der Waals surface area contributed by atoms with Crippen LogP contribution in [-0.4, -0.2) is 45.1 Å². The molecule has 3 aromatic carbocycles. The predicted octanol–water partition coefficient (Wildman–Crippen LogP) is 6.38. The van der Waals surface area contributed by atoms with Gasteiger partial charge < -0.3 is 9.84 Å². The molecular formula is C33H40N2O4. The van der Waals surface area contributed by atoms with E-state index in [4.69, 9.17) is 4.74 Å². The summed E-state index contributed by atoms with van der Waals surface area (Å²) in [6.45, 7) is 10.6. The van der Waals surface area contributed by atoms with Gasteiger partial charge in [-0.1, -0.05) is 105 Å². The number of aliphatic hydroxyl groups excluding tert-OH is 1. The molecule has 0 saturated carbocycles. The summed E-state index contributed by atoms with van der Waals surface area (Å²) >= 11 is 0. The van der Waals surface area contributed by atoms with Crippen molar-refractivity contribution in [3.8, 4) is 0 Å². The highest BCUT2D eigenvalue weighted by Gasteiger charge is 2.53. The standard InChI is InChI=1S/C33H40N2O4/c1-23(2)30-33(4,5)39-32(38)35(30)31(37)28(29(36)27-19-13-8-14-20-27)22-34(21-25-15-9-6-10-16-25)24(3)26-17-11-7-12-18-26/h6-20,23-24,28-30,36H,21-22H2,1-5H3/t24-,28-,29+,30-/m0/s1. The molecule has 1 aliphatic heterocycles. The van der Waals surface area contributed by atoms with Crippen molar-refractivity contribution >= 4 is 12.0 Å². The molecular weight excluding hydrogens is 488 g/mol. The minimum atomic E-state index is -1.11. The Labute approximate surface area is 232 Å². The molecule has 2 amide bonds. The molecule has 3 aromatic rings. The zero-order valence-corrected chi connectivity index (χ0v) is 23.5. The molecule has 4 atom stereocenters. The normalized spacial score (nSPS) is 19.1. The SMILES string of the molecule is CC(C)[C@@H]1N(C(=O)[C@@H](CN(Cc2ccccc2)[C@@H](C)c2ccccc2)[C@H](O)c2ccccc2)C(=O)OC1(C)C. The lowest BCUT2D eigenvalue weighted by Gasteiger charge is -2.37. The highest BCUT2D eigenvalue weighted by atomic mass is 16.6. The molecule has 0 spiro atoms. The number of aliphatic hydroxyl groups is 1. The van der Waals surface area contributed by atoms with E-state index in [0.29, 0.717) is 12.1 Å². The minimum Gasteiger partial charge on any atom is -0.441 e. The fraction of sp³-hybridized carbons (Fsp3) is 0.394. The monoisotopic (exact) mass is 528 g/mol. The zero-order valence-electron chi connectivity index (χ0n) is 23.5. The molecule has 6 heteroatoms. The molecule has 0 unspecified atom stereocenters. The number of hydrogen-bond acceptors (Lipinski definition) is 5. The van der Waals surface area contributed by atoms with Gasteiger partial charge in [0.2, 0.25) is 5.91 Å². The number of benzene rings is 3. The lowest BCUT2D eigenvalue weighted by molar-refractivity contribution is -0.140. The van der Waals surface area contributed by atoms with Gasteiger partial charge in [0.1, 0.15) is 5.60 Å². The van der Waals surface area contributed by atoms with Crippen LogP contribution in [0.5, 0.6) is 0 Å². The van der Waals surface area contributed by atoms with Crippen molar-refractivity contribution < 1.29 is 19.4 Å². The summed E-state index contributed by atoms with van der Waals surface area (Å²) in [5, 5.41) is 11.7. The third-order valence-electron chi connectivity index (χ3n) is 7.74. The number of cyclic esters (lactones) is 1. The maximum atomic E-state index is 14.4. The number of carbonyl (C=O) groups excluding carboxylic acids is 2. The first-order chi connectivity index (χ1) is 18.6. The second-order valence-corrected chi connectivity index (χ2v) is 11.3. The molecule has 6 nitrogen and oxygen atoms in total. The van der Waals surface area contributed by atoms with Gasteiger partial charge in [0.25, 0.3) is 0 Å². The van der Waals surface area contributed by atoms with Crippen molar-refractivity contribution in [2.45, 2.75) is 65.0 Å². The second kappa shape index (κ2) is 12.1. The van der Waals surface area contributed by atoms with Gasteiger partial charge in [-0.05, 0) is 43.4 Å². The molecule has 39 heavy (non-hydrogen) atoms. The van der Waals surface area contributed by atoms with Gasteiger partial charge in [-0.15, -0.1) is 0 Å². The van der Waals surface area contributed by atoms with Crippen LogP contribution in [0.4, 0.5) is 4.79 Å². The average molecular weight is 529 g/mol. The van der Waals surface area contributed by atoms with Crippen LogP contribution in [0, 0.1) is 11.8 Å². The Morgan fingerprint density at radius 3 is 1.95 bits per heavy atom. The largest absolute Gasteiger partial charge is 0.441 e. The van der Waals surface area contributed by atoms with Crippen LogP contribution in [0.15, 0.2) is 91.0 Å². The predicted molar refractivity (Wildman–Crippen MR) is 153 cm³/mol. The van der Waals surface area contributed by atoms with Gasteiger partial charge in [0, 0.05) is 19.1 Å². The van der Waals surface area contributed by atoms with E-state index >= 15 is 0 Å². The van der Waals surface area contributed by atoms with Gasteiger partial charge in [0.05, 0.1) is 18.1 Å². The molecule has 0 aliphatic carbocycles. The van der Waals surface area contributed by atoms with Crippen molar-refractivity contribution in [2.75, 3.05) is 6.54 Å². The van der Waals surface area contributed by atoms with Gasteiger partial charge in [-0.2, -0.15) is 0 Å². The summed E-state index contributed by atoms with van der Waals surface area (Å²) in [6.07, 6.45) is -1.76. The van der Waals surface area contributed by atoms with Crippen molar-refractivity contribution in [1.29, 1.82) is 0 Å². The molecule has 1 saturated heterocycles. The Balaban J connectivity index is 1.75. The second-order valence-electron chi connectivity index (χ2n) is 11.3. The topological polar surface area (TPSA) is 70.1 Å². The van der Waals surface area contributed by atoms with E-state index in [1.54, 1.807) is 0 Å². The number of hydrogen-bond donors (Lipinski definition) is 1. The van der Waals surface area contributed by atoms with Crippen LogP contribution in [-0.2, 0) is 16.1 Å². The van der Waals surface area contributed by atoms with E-state index in [1.165, 1.54) is 4.90 Å². The van der Waals surface area contributed by atoms with E-state index in [0.717, 1.165) is 11.1 Å². The van der Waals surface area contributed by atoms with Crippen molar-refractivity contribution in [1.82, 2.24) is 9.80 Å². The van der Waals surface area contributed by atoms with Gasteiger partial charge in [-0.3, -0.25) is 9.69 Å². The van der Waals surface area contributed by atoms with Crippen LogP contribution in [0.1, 0.15) is 63.5 Å². The van der Waals surface area contributed by atoms with Gasteiger partial charge in [-0.25, -0.2) is 9.69 Å². The van der Waals surface area contributed by atoms with E-state index < -0.39 is 35.7 Å². The Kier molecular flexibility index (Phi) is 8.88. The molecule has 1 N–H and O–H groups in total. The first-order valence-electron chi connectivity index (χ1n) is 13.7. The van der Waals surface area contributed by atoms with Crippen LogP contribution >= 0.6 is 0 Å². The average Bonchev–Trinajstić information content (AvgIpc) is 3.19. The van der Waals surface area contributed by atoms with Crippen LogP contribution in [0.2, 0.25) is 0 Å². The zero-order chi connectivity index (χ0) is 28.2. The van der Waals surface area contributed by atoms with E-state index in [9.17, 15) is 14.7 Å². The third-order valence-corrected chi connectivity index (χ3v) is 7.74. The summed E-state index contributed by atoms with van der Waals surface area (Å²) in [5.41, 5.74) is 2.01. The summed E-state index contributed by atoms with van der Waals surface area (Å²) in [7, 11) is 0. The van der Waals surface area contributed by atoms with Crippen molar-refractivity contribution in [3.63, 3.8) is 0 Å². The summed E-state index contributed by atoms with van der Waals surface area (Å²) < 4.78 is 5.68. The number of rotatable bonds is 10. The number of ether oxygens (including phenoxy) is 1. The fourth-order valence-electron chi connectivity index (χ4n) is 5.83. The first-order valence-corrected chi connectivity index (χ1v) is 13.7. The summed E-state index contributed by atoms with van der Waals surface area (Å²) in [4.78, 5) is 31.0. The molecule has 206 valence electrons. The van der Waals surface area contributed by atoms with Crippen LogP contribution in [0.3, 0.4) is 0 Å². The number of nitrogens with zero attached hydrogens (tertiary/aromatic N) is 2. The fourth-order valence-corrected chi connectivity index (χ4v) is 5.83. The summed E-state index contributed by atoms with van der Waals surface area (Å²) in [6, 6.07) is 28.9. The molecule has 0 aromatic heterocycles. The number of carbonyl (C=O) groups is 2. The van der Waals surface area contributed by atoms with Crippen LogP contribution < -0.4 is 0 Å². The highest BCUT2D eigenvalue weighted by molar-refractivity contribution is 5.96. The molecule has 1 fully saturated rings. The Bertz CT molecular complexity index is 1230. The Hall–Kier alpha value is -3.48. The highest BCUT2D eigenvalue weighted by Crippen LogP contribution is 2.38. The molecule has 0 bridgehead atoms. The van der Waals surface area contributed by atoms with Gasteiger partial charge >= 0.3 is 6.09 Å². The Morgan fingerprint density at radius 2 is 1.41 bits per heavy atom.